The number of aliphatic hydroxyl groups is 1. The van der Waals surface area contributed by atoms with Crippen LogP contribution < -0.4 is 9.47 Å². The number of rotatable bonds is 8. The fourth-order valence-corrected chi connectivity index (χ4v) is 2.70. The van der Waals surface area contributed by atoms with Gasteiger partial charge in [0.05, 0.1) is 19.8 Å². The van der Waals surface area contributed by atoms with Gasteiger partial charge in [-0.1, -0.05) is 32.8 Å². The van der Waals surface area contributed by atoms with E-state index < -0.39 is 5.60 Å². The molecule has 0 heterocycles. The third kappa shape index (κ3) is 4.71. The van der Waals surface area contributed by atoms with Gasteiger partial charge in [0, 0.05) is 6.42 Å². The molecule has 20 heavy (non-hydrogen) atoms. The number of hydrogen-bond acceptors (Lipinski definition) is 3. The fraction of sp³-hybridized carbons (Fsp3) is 0.647. The molecule has 3 heteroatoms. The quantitative estimate of drug-likeness (QED) is 0.786. The average Bonchev–Trinajstić information content (AvgIpc) is 2.44. The van der Waals surface area contributed by atoms with Crippen LogP contribution >= 0.6 is 0 Å². The van der Waals surface area contributed by atoms with Crippen LogP contribution in [0.4, 0.5) is 0 Å². The summed E-state index contributed by atoms with van der Waals surface area (Å²) in [5, 5.41) is 10.6. The molecule has 0 spiro atoms. The van der Waals surface area contributed by atoms with Gasteiger partial charge in [-0.2, -0.15) is 0 Å². The molecule has 0 fully saturated rings. The van der Waals surface area contributed by atoms with E-state index in [1.165, 1.54) is 0 Å². The van der Waals surface area contributed by atoms with Gasteiger partial charge < -0.3 is 14.6 Å². The molecule has 0 aliphatic heterocycles. The van der Waals surface area contributed by atoms with Gasteiger partial charge in [0.2, 0.25) is 0 Å². The maximum atomic E-state index is 10.6. The number of methoxy groups -OCH3 is 2. The molecule has 1 aromatic rings. The third-order valence-corrected chi connectivity index (χ3v) is 3.92. The highest BCUT2D eigenvalue weighted by atomic mass is 16.5. The highest BCUT2D eigenvalue weighted by Gasteiger charge is 2.24. The van der Waals surface area contributed by atoms with Gasteiger partial charge in [0.15, 0.2) is 11.5 Å². The van der Waals surface area contributed by atoms with Crippen molar-refractivity contribution in [2.24, 2.45) is 5.92 Å². The van der Waals surface area contributed by atoms with E-state index in [1.54, 1.807) is 14.2 Å². The van der Waals surface area contributed by atoms with Crippen LogP contribution in [0.3, 0.4) is 0 Å². The molecule has 1 atom stereocenters. The first-order valence-electron chi connectivity index (χ1n) is 7.39. The first-order valence-corrected chi connectivity index (χ1v) is 7.39. The summed E-state index contributed by atoms with van der Waals surface area (Å²) < 4.78 is 10.5. The molecule has 0 amide bonds. The molecule has 0 radical (unpaired) electrons. The van der Waals surface area contributed by atoms with Crippen molar-refractivity contribution in [3.05, 3.63) is 23.8 Å². The van der Waals surface area contributed by atoms with E-state index in [0.717, 1.165) is 30.6 Å². The van der Waals surface area contributed by atoms with Gasteiger partial charge in [-0.25, -0.2) is 0 Å². The number of benzene rings is 1. The maximum absolute atomic E-state index is 10.6. The van der Waals surface area contributed by atoms with Crippen LogP contribution in [0.1, 0.15) is 45.6 Å². The molecule has 0 bridgehead atoms. The summed E-state index contributed by atoms with van der Waals surface area (Å²) in [4.78, 5) is 0. The third-order valence-electron chi connectivity index (χ3n) is 3.92. The van der Waals surface area contributed by atoms with E-state index in [4.69, 9.17) is 9.47 Å². The molecule has 0 saturated carbocycles. The van der Waals surface area contributed by atoms with E-state index in [1.807, 2.05) is 25.1 Å². The summed E-state index contributed by atoms with van der Waals surface area (Å²) in [5.74, 6) is 2.00. The maximum Gasteiger partial charge on any atom is 0.160 e. The number of ether oxygens (including phenoxy) is 2. The van der Waals surface area contributed by atoms with Crippen LogP contribution in [0.5, 0.6) is 11.5 Å². The second kappa shape index (κ2) is 7.53. The minimum Gasteiger partial charge on any atom is -0.493 e. The van der Waals surface area contributed by atoms with Gasteiger partial charge in [0.1, 0.15) is 0 Å². The fourth-order valence-electron chi connectivity index (χ4n) is 2.70. The molecule has 0 aromatic heterocycles. The van der Waals surface area contributed by atoms with Crippen molar-refractivity contribution < 1.29 is 14.6 Å². The smallest absolute Gasteiger partial charge is 0.160 e. The Hall–Kier alpha value is -1.22. The van der Waals surface area contributed by atoms with Crippen LogP contribution in [0.25, 0.3) is 0 Å². The monoisotopic (exact) mass is 280 g/mol. The molecule has 0 saturated heterocycles. The van der Waals surface area contributed by atoms with Crippen molar-refractivity contribution in [1.82, 2.24) is 0 Å². The van der Waals surface area contributed by atoms with Crippen molar-refractivity contribution in [3.8, 4) is 11.5 Å². The van der Waals surface area contributed by atoms with Gasteiger partial charge in [-0.05, 0) is 37.0 Å². The lowest BCUT2D eigenvalue weighted by molar-refractivity contribution is 0.0326. The molecule has 3 nitrogen and oxygen atoms in total. The highest BCUT2D eigenvalue weighted by Crippen LogP contribution is 2.31. The summed E-state index contributed by atoms with van der Waals surface area (Å²) in [5.41, 5.74) is 0.384. The normalized spacial score (nSPS) is 14.2. The Bertz CT molecular complexity index is 409. The van der Waals surface area contributed by atoms with Crippen molar-refractivity contribution in [3.63, 3.8) is 0 Å². The summed E-state index contributed by atoms with van der Waals surface area (Å²) in [6, 6.07) is 5.82. The molecule has 1 aromatic carbocycles. The Balaban J connectivity index is 2.81. The lowest BCUT2D eigenvalue weighted by Gasteiger charge is -2.28. The Labute approximate surface area is 122 Å². The van der Waals surface area contributed by atoms with E-state index in [0.29, 0.717) is 18.1 Å². The molecule has 1 unspecified atom stereocenters. The summed E-state index contributed by atoms with van der Waals surface area (Å²) in [7, 11) is 3.25. The lowest BCUT2D eigenvalue weighted by atomic mass is 9.84. The van der Waals surface area contributed by atoms with Crippen molar-refractivity contribution in [2.75, 3.05) is 14.2 Å². The zero-order valence-corrected chi connectivity index (χ0v) is 13.4. The Morgan fingerprint density at radius 3 is 2.20 bits per heavy atom. The van der Waals surface area contributed by atoms with Crippen LogP contribution in [0, 0.1) is 5.92 Å². The highest BCUT2D eigenvalue weighted by molar-refractivity contribution is 5.43. The average molecular weight is 280 g/mol. The first kappa shape index (κ1) is 16.8. The molecule has 1 N–H and O–H groups in total. The minimum absolute atomic E-state index is 0.574. The van der Waals surface area contributed by atoms with Crippen LogP contribution in [-0.4, -0.2) is 24.9 Å². The second-order valence-electron chi connectivity index (χ2n) is 5.75. The van der Waals surface area contributed by atoms with Crippen LogP contribution in [0.15, 0.2) is 18.2 Å². The van der Waals surface area contributed by atoms with Gasteiger partial charge in [-0.3, -0.25) is 0 Å². The largest absolute Gasteiger partial charge is 0.493 e. The molecule has 0 aliphatic carbocycles. The SMILES string of the molecule is CCC(CC)CC(C)(O)Cc1ccc(OC)c(OC)c1. The Morgan fingerprint density at radius 1 is 1.10 bits per heavy atom. The zero-order chi connectivity index (χ0) is 15.2. The van der Waals surface area contributed by atoms with E-state index >= 15 is 0 Å². The summed E-state index contributed by atoms with van der Waals surface area (Å²) in [6.45, 7) is 6.28. The molecule has 1 rings (SSSR count). The topological polar surface area (TPSA) is 38.7 Å². The Morgan fingerprint density at radius 2 is 1.70 bits per heavy atom. The van der Waals surface area contributed by atoms with Crippen molar-refractivity contribution in [2.45, 2.75) is 52.1 Å². The molecule has 114 valence electrons. The Kier molecular flexibility index (Phi) is 6.34. The number of hydrogen-bond donors (Lipinski definition) is 1. The van der Waals surface area contributed by atoms with E-state index in [2.05, 4.69) is 13.8 Å². The predicted molar refractivity (Wildman–Crippen MR) is 82.6 cm³/mol. The molecular weight excluding hydrogens is 252 g/mol. The van der Waals surface area contributed by atoms with Crippen molar-refractivity contribution >= 4 is 0 Å². The van der Waals surface area contributed by atoms with E-state index in [9.17, 15) is 5.11 Å². The first-order chi connectivity index (χ1) is 9.45. The van der Waals surface area contributed by atoms with Crippen LogP contribution in [0.2, 0.25) is 0 Å². The standard InChI is InChI=1S/C17H28O3/c1-6-13(7-2)11-17(3,18)12-14-8-9-15(19-4)16(10-14)20-5/h8-10,13,18H,6-7,11-12H2,1-5H3. The van der Waals surface area contributed by atoms with Crippen molar-refractivity contribution in [1.29, 1.82) is 0 Å². The lowest BCUT2D eigenvalue weighted by Crippen LogP contribution is -2.30. The van der Waals surface area contributed by atoms with Crippen LogP contribution in [-0.2, 0) is 6.42 Å². The predicted octanol–water partition coefficient (Wildman–Crippen LogP) is 3.82. The molecular formula is C17H28O3. The second-order valence-corrected chi connectivity index (χ2v) is 5.75. The summed E-state index contributed by atoms with van der Waals surface area (Å²) in [6.07, 6.45) is 3.68. The van der Waals surface area contributed by atoms with E-state index in [-0.39, 0.29) is 0 Å². The van der Waals surface area contributed by atoms with Gasteiger partial charge >= 0.3 is 0 Å². The zero-order valence-electron chi connectivity index (χ0n) is 13.4. The van der Waals surface area contributed by atoms with Gasteiger partial charge in [-0.15, -0.1) is 0 Å². The van der Waals surface area contributed by atoms with Gasteiger partial charge in [0.25, 0.3) is 0 Å². The minimum atomic E-state index is -0.684. The molecule has 0 aliphatic rings. The summed E-state index contributed by atoms with van der Waals surface area (Å²) >= 11 is 0.